The van der Waals surface area contributed by atoms with E-state index in [1.165, 1.54) is 0 Å². The molecular formula is C18H16N4. The summed E-state index contributed by atoms with van der Waals surface area (Å²) < 4.78 is 0. The molecule has 0 fully saturated rings. The van der Waals surface area contributed by atoms with Gasteiger partial charge in [0.1, 0.15) is 11.6 Å². The Morgan fingerprint density at radius 2 is 1.36 bits per heavy atom. The fourth-order valence-electron chi connectivity index (χ4n) is 2.65. The number of aromatic amines is 2. The van der Waals surface area contributed by atoms with Crippen molar-refractivity contribution in [2.75, 3.05) is 0 Å². The number of para-hydroxylation sites is 2. The van der Waals surface area contributed by atoms with E-state index in [0.717, 1.165) is 45.2 Å². The summed E-state index contributed by atoms with van der Waals surface area (Å²) >= 11 is 0. The van der Waals surface area contributed by atoms with Crippen molar-refractivity contribution < 1.29 is 0 Å². The Hall–Kier alpha value is -2.88. The molecule has 0 atom stereocenters. The molecule has 0 spiro atoms. The summed E-state index contributed by atoms with van der Waals surface area (Å²) in [5.41, 5.74) is 6.23. The van der Waals surface area contributed by atoms with E-state index in [2.05, 4.69) is 27.1 Å². The van der Waals surface area contributed by atoms with Crippen LogP contribution >= 0.6 is 0 Å². The minimum Gasteiger partial charge on any atom is -0.342 e. The van der Waals surface area contributed by atoms with Crippen LogP contribution in [0.3, 0.4) is 0 Å². The predicted octanol–water partition coefficient (Wildman–Crippen LogP) is 4.24. The molecule has 0 amide bonds. The molecule has 4 heteroatoms. The minimum absolute atomic E-state index is 0.864. The summed E-state index contributed by atoms with van der Waals surface area (Å²) in [6, 6.07) is 16.2. The molecule has 4 rings (SSSR count). The first-order chi connectivity index (χ1) is 10.7. The van der Waals surface area contributed by atoms with Gasteiger partial charge in [0.2, 0.25) is 0 Å². The number of rotatable bonds is 2. The number of nitrogens with one attached hydrogen (secondary N) is 2. The molecule has 0 saturated carbocycles. The minimum atomic E-state index is 0.864. The molecule has 0 saturated heterocycles. The average molecular weight is 288 g/mol. The van der Waals surface area contributed by atoms with Crippen molar-refractivity contribution in [1.29, 1.82) is 0 Å². The van der Waals surface area contributed by atoms with Gasteiger partial charge < -0.3 is 9.97 Å². The largest absolute Gasteiger partial charge is 0.342 e. The van der Waals surface area contributed by atoms with Crippen LogP contribution in [0.25, 0.3) is 33.8 Å². The summed E-state index contributed by atoms with van der Waals surface area (Å²) in [6.45, 7) is 4.05. The van der Waals surface area contributed by atoms with Crippen LogP contribution in [0.1, 0.15) is 11.4 Å². The maximum absolute atomic E-state index is 4.70. The first kappa shape index (κ1) is 12.8. The third kappa shape index (κ3) is 2.00. The van der Waals surface area contributed by atoms with Crippen LogP contribution in [0.15, 0.2) is 48.5 Å². The molecule has 0 aliphatic heterocycles. The van der Waals surface area contributed by atoms with Gasteiger partial charge in [-0.05, 0) is 26.0 Å². The molecule has 22 heavy (non-hydrogen) atoms. The SMILES string of the molecule is Cc1nc(-c2ccccc2-c2nc3ccccc3[nH]2)[nH]c1C. The van der Waals surface area contributed by atoms with Crippen molar-refractivity contribution >= 4 is 11.0 Å². The zero-order valence-electron chi connectivity index (χ0n) is 12.5. The van der Waals surface area contributed by atoms with E-state index in [1.807, 2.05) is 50.2 Å². The number of aryl methyl sites for hydroxylation is 2. The number of benzene rings is 2. The van der Waals surface area contributed by atoms with Crippen LogP contribution in [0.2, 0.25) is 0 Å². The highest BCUT2D eigenvalue weighted by Gasteiger charge is 2.13. The fraction of sp³-hybridized carbons (Fsp3) is 0.111. The number of H-pyrrole nitrogens is 2. The van der Waals surface area contributed by atoms with Crippen LogP contribution in [0.4, 0.5) is 0 Å². The second-order valence-electron chi connectivity index (χ2n) is 5.44. The highest BCUT2D eigenvalue weighted by Crippen LogP contribution is 2.30. The third-order valence-corrected chi connectivity index (χ3v) is 3.95. The molecule has 2 aromatic carbocycles. The molecule has 0 radical (unpaired) electrons. The number of imidazole rings is 2. The van der Waals surface area contributed by atoms with Gasteiger partial charge in [-0.2, -0.15) is 0 Å². The Morgan fingerprint density at radius 1 is 0.727 bits per heavy atom. The Bertz CT molecular complexity index is 910. The van der Waals surface area contributed by atoms with E-state index in [-0.39, 0.29) is 0 Å². The van der Waals surface area contributed by atoms with Crippen molar-refractivity contribution in [3.8, 4) is 22.8 Å². The summed E-state index contributed by atoms with van der Waals surface area (Å²) in [7, 11) is 0. The van der Waals surface area contributed by atoms with E-state index < -0.39 is 0 Å². The molecule has 108 valence electrons. The van der Waals surface area contributed by atoms with Gasteiger partial charge in [0.15, 0.2) is 0 Å². The first-order valence-electron chi connectivity index (χ1n) is 7.30. The van der Waals surface area contributed by atoms with E-state index in [4.69, 9.17) is 4.98 Å². The molecule has 2 aromatic heterocycles. The average Bonchev–Trinajstić information content (AvgIpc) is 3.11. The predicted molar refractivity (Wildman–Crippen MR) is 88.6 cm³/mol. The van der Waals surface area contributed by atoms with Gasteiger partial charge >= 0.3 is 0 Å². The fourth-order valence-corrected chi connectivity index (χ4v) is 2.65. The summed E-state index contributed by atoms with van der Waals surface area (Å²) in [4.78, 5) is 16.1. The standard InChI is InChI=1S/C18H16N4/c1-11-12(2)20-17(19-11)13-7-3-4-8-14(13)18-21-15-9-5-6-10-16(15)22-18/h3-10H,1-2H3,(H,19,20)(H,21,22). The highest BCUT2D eigenvalue weighted by molar-refractivity contribution is 5.84. The van der Waals surface area contributed by atoms with E-state index in [0.29, 0.717) is 0 Å². The van der Waals surface area contributed by atoms with Gasteiger partial charge in [0.05, 0.1) is 16.7 Å². The maximum atomic E-state index is 4.70. The second-order valence-corrected chi connectivity index (χ2v) is 5.44. The van der Waals surface area contributed by atoms with Crippen LogP contribution in [-0.4, -0.2) is 19.9 Å². The van der Waals surface area contributed by atoms with Crippen LogP contribution in [0.5, 0.6) is 0 Å². The smallest absolute Gasteiger partial charge is 0.139 e. The lowest BCUT2D eigenvalue weighted by Gasteiger charge is -2.04. The van der Waals surface area contributed by atoms with Gasteiger partial charge in [0, 0.05) is 16.8 Å². The normalized spacial score (nSPS) is 11.2. The number of aromatic nitrogens is 4. The molecule has 0 aliphatic carbocycles. The Kier molecular flexibility index (Phi) is 2.82. The lowest BCUT2D eigenvalue weighted by molar-refractivity contribution is 1.22. The molecule has 0 bridgehead atoms. The van der Waals surface area contributed by atoms with Crippen LogP contribution in [-0.2, 0) is 0 Å². The Morgan fingerprint density at radius 3 is 2.00 bits per heavy atom. The molecular weight excluding hydrogens is 272 g/mol. The van der Waals surface area contributed by atoms with Crippen molar-refractivity contribution in [1.82, 2.24) is 19.9 Å². The van der Waals surface area contributed by atoms with Crippen LogP contribution < -0.4 is 0 Å². The maximum Gasteiger partial charge on any atom is 0.139 e. The van der Waals surface area contributed by atoms with Gasteiger partial charge in [-0.15, -0.1) is 0 Å². The van der Waals surface area contributed by atoms with Gasteiger partial charge in [-0.1, -0.05) is 36.4 Å². The van der Waals surface area contributed by atoms with Gasteiger partial charge in [0.25, 0.3) is 0 Å². The summed E-state index contributed by atoms with van der Waals surface area (Å²) in [5.74, 6) is 1.74. The quantitative estimate of drug-likeness (QED) is 0.579. The molecule has 0 unspecified atom stereocenters. The number of nitrogens with zero attached hydrogens (tertiary/aromatic N) is 2. The van der Waals surface area contributed by atoms with Gasteiger partial charge in [-0.25, -0.2) is 9.97 Å². The lowest BCUT2D eigenvalue weighted by atomic mass is 10.1. The van der Waals surface area contributed by atoms with Crippen molar-refractivity contribution in [3.05, 3.63) is 59.9 Å². The lowest BCUT2D eigenvalue weighted by Crippen LogP contribution is -1.88. The molecule has 2 heterocycles. The molecule has 4 aromatic rings. The monoisotopic (exact) mass is 288 g/mol. The summed E-state index contributed by atoms with van der Waals surface area (Å²) in [5, 5.41) is 0. The van der Waals surface area contributed by atoms with Crippen molar-refractivity contribution in [2.45, 2.75) is 13.8 Å². The zero-order valence-corrected chi connectivity index (χ0v) is 12.5. The summed E-state index contributed by atoms with van der Waals surface area (Å²) in [6.07, 6.45) is 0. The topological polar surface area (TPSA) is 57.4 Å². The third-order valence-electron chi connectivity index (χ3n) is 3.95. The second kappa shape index (κ2) is 4.84. The Balaban J connectivity index is 1.92. The molecule has 0 aliphatic rings. The van der Waals surface area contributed by atoms with Gasteiger partial charge in [-0.3, -0.25) is 0 Å². The van der Waals surface area contributed by atoms with Crippen LogP contribution in [0, 0.1) is 13.8 Å². The van der Waals surface area contributed by atoms with E-state index in [9.17, 15) is 0 Å². The molecule has 4 nitrogen and oxygen atoms in total. The first-order valence-corrected chi connectivity index (χ1v) is 7.30. The highest BCUT2D eigenvalue weighted by atomic mass is 14.9. The van der Waals surface area contributed by atoms with Crippen molar-refractivity contribution in [2.24, 2.45) is 0 Å². The van der Waals surface area contributed by atoms with Crippen molar-refractivity contribution in [3.63, 3.8) is 0 Å². The number of hydrogen-bond acceptors (Lipinski definition) is 2. The molecule has 2 N–H and O–H groups in total. The van der Waals surface area contributed by atoms with E-state index >= 15 is 0 Å². The van der Waals surface area contributed by atoms with E-state index in [1.54, 1.807) is 0 Å². The number of hydrogen-bond donors (Lipinski definition) is 2. The number of fused-ring (bicyclic) bond motifs is 1. The Labute approximate surface area is 128 Å². The zero-order chi connectivity index (χ0) is 15.1.